The minimum Gasteiger partial charge on any atom is -0.481 e. The molecule has 0 saturated heterocycles. The highest BCUT2D eigenvalue weighted by Crippen LogP contribution is 2.28. The van der Waals surface area contributed by atoms with Crippen molar-refractivity contribution in [3.63, 3.8) is 0 Å². The lowest BCUT2D eigenvalue weighted by Crippen LogP contribution is -2.36. The van der Waals surface area contributed by atoms with Crippen molar-refractivity contribution in [2.75, 3.05) is 6.61 Å². The van der Waals surface area contributed by atoms with Crippen LogP contribution in [-0.4, -0.2) is 28.0 Å². The number of hydrogen-bond acceptors (Lipinski definition) is 2. The second-order valence-electron chi connectivity index (χ2n) is 5.58. The minimum atomic E-state index is -0.448. The van der Waals surface area contributed by atoms with Crippen molar-refractivity contribution in [1.82, 2.24) is 9.47 Å². The fourth-order valence-electron chi connectivity index (χ4n) is 2.43. The molecule has 0 bridgehead atoms. The third kappa shape index (κ3) is 3.30. The summed E-state index contributed by atoms with van der Waals surface area (Å²) in [5.41, 5.74) is 1.08. The maximum atomic E-state index is 13.5. The van der Waals surface area contributed by atoms with E-state index in [4.69, 9.17) is 4.74 Å². The topological polar surface area (TPSA) is 34.5 Å². The minimum absolute atomic E-state index is 0.105. The number of carbonyl (C=O) groups excluding carboxylic acids is 1. The van der Waals surface area contributed by atoms with Crippen LogP contribution in [0.2, 0.25) is 0 Å². The Morgan fingerprint density at radius 2 is 2.09 bits per heavy atom. The highest BCUT2D eigenvalue weighted by Gasteiger charge is 2.33. The Morgan fingerprint density at radius 1 is 1.32 bits per heavy atom. The number of para-hydroxylation sites is 1. The average molecular weight is 302 g/mol. The number of rotatable bonds is 6. The van der Waals surface area contributed by atoms with E-state index in [2.05, 4.69) is 0 Å². The number of ether oxygens (including phenoxy) is 1. The van der Waals surface area contributed by atoms with Gasteiger partial charge in [0.1, 0.15) is 0 Å². The molecule has 22 heavy (non-hydrogen) atoms. The highest BCUT2D eigenvalue weighted by atomic mass is 19.1. The van der Waals surface area contributed by atoms with Gasteiger partial charge in [-0.05, 0) is 37.1 Å². The summed E-state index contributed by atoms with van der Waals surface area (Å²) in [4.78, 5) is 14.2. The predicted octanol–water partition coefficient (Wildman–Crippen LogP) is 2.73. The van der Waals surface area contributed by atoms with Gasteiger partial charge in [0.2, 0.25) is 0 Å². The Morgan fingerprint density at radius 3 is 2.73 bits per heavy atom. The van der Waals surface area contributed by atoms with Crippen LogP contribution < -0.4 is 4.74 Å². The maximum absolute atomic E-state index is 13.5. The van der Waals surface area contributed by atoms with E-state index < -0.39 is 5.82 Å². The van der Waals surface area contributed by atoms with E-state index in [1.807, 2.05) is 34.8 Å². The second kappa shape index (κ2) is 6.22. The summed E-state index contributed by atoms with van der Waals surface area (Å²) in [6.07, 6.45) is 4.01. The molecule has 1 saturated carbocycles. The summed E-state index contributed by atoms with van der Waals surface area (Å²) < 4.78 is 20.9. The summed E-state index contributed by atoms with van der Waals surface area (Å²) in [6, 6.07) is 10.4. The summed E-state index contributed by atoms with van der Waals surface area (Å²) >= 11 is 0. The zero-order valence-corrected chi connectivity index (χ0v) is 12.5. The lowest BCUT2D eigenvalue weighted by Gasteiger charge is -2.23. The van der Waals surface area contributed by atoms with E-state index in [-0.39, 0.29) is 24.3 Å². The van der Waals surface area contributed by atoms with Gasteiger partial charge in [-0.15, -0.1) is 0 Å². The largest absolute Gasteiger partial charge is 0.481 e. The molecule has 5 heteroatoms. The van der Waals surface area contributed by atoms with Gasteiger partial charge in [0.05, 0.1) is 6.54 Å². The fraction of sp³-hybridized carbons (Fsp3) is 0.353. The van der Waals surface area contributed by atoms with Crippen LogP contribution in [0.3, 0.4) is 0 Å². The van der Waals surface area contributed by atoms with Crippen molar-refractivity contribution in [2.45, 2.75) is 25.4 Å². The number of carbonyl (C=O) groups is 1. The Labute approximate surface area is 129 Å². The standard InChI is InChI=1S/C17H19FN2O2/c1-19-10-4-5-14(19)11-20(13-8-9-13)17(21)12-22-16-7-3-2-6-15(16)18/h2-7,10,13H,8-9,11-12H2,1H3. The molecule has 2 aromatic rings. The van der Waals surface area contributed by atoms with Gasteiger partial charge in [0.25, 0.3) is 5.91 Å². The van der Waals surface area contributed by atoms with Gasteiger partial charge in [-0.1, -0.05) is 12.1 Å². The van der Waals surface area contributed by atoms with Gasteiger partial charge in [-0.3, -0.25) is 4.79 Å². The third-order valence-electron chi connectivity index (χ3n) is 3.88. The fourth-order valence-corrected chi connectivity index (χ4v) is 2.43. The SMILES string of the molecule is Cn1cccc1CN(C(=O)COc1ccccc1F)C1CC1. The molecule has 1 aliphatic rings. The van der Waals surface area contributed by atoms with Gasteiger partial charge in [-0.2, -0.15) is 0 Å². The Bertz CT molecular complexity index is 664. The lowest BCUT2D eigenvalue weighted by molar-refractivity contribution is -0.134. The average Bonchev–Trinajstić information content (AvgIpc) is 3.27. The normalized spacial score (nSPS) is 13.9. The predicted molar refractivity (Wildman–Crippen MR) is 80.9 cm³/mol. The number of aromatic nitrogens is 1. The number of nitrogens with zero attached hydrogens (tertiary/aromatic N) is 2. The van der Waals surface area contributed by atoms with Gasteiger partial charge >= 0.3 is 0 Å². The van der Waals surface area contributed by atoms with Crippen LogP contribution in [0.15, 0.2) is 42.6 Å². The maximum Gasteiger partial charge on any atom is 0.261 e. The molecule has 116 valence electrons. The van der Waals surface area contributed by atoms with E-state index in [1.54, 1.807) is 12.1 Å². The monoisotopic (exact) mass is 302 g/mol. The molecule has 0 spiro atoms. The number of aryl methyl sites for hydroxylation is 1. The molecule has 1 fully saturated rings. The van der Waals surface area contributed by atoms with Gasteiger partial charge < -0.3 is 14.2 Å². The van der Waals surface area contributed by atoms with Crippen molar-refractivity contribution in [1.29, 1.82) is 0 Å². The van der Waals surface area contributed by atoms with E-state index in [9.17, 15) is 9.18 Å². The molecular weight excluding hydrogens is 283 g/mol. The number of benzene rings is 1. The van der Waals surface area contributed by atoms with E-state index >= 15 is 0 Å². The number of amides is 1. The van der Waals surface area contributed by atoms with Crippen LogP contribution in [0, 0.1) is 5.82 Å². The van der Waals surface area contributed by atoms with Gasteiger partial charge in [0.15, 0.2) is 18.2 Å². The van der Waals surface area contributed by atoms with Crippen LogP contribution in [0.4, 0.5) is 4.39 Å². The van der Waals surface area contributed by atoms with E-state index in [1.165, 1.54) is 12.1 Å². The van der Waals surface area contributed by atoms with Crippen molar-refractivity contribution in [3.05, 3.63) is 54.1 Å². The summed E-state index contributed by atoms with van der Waals surface area (Å²) in [6.45, 7) is 0.426. The van der Waals surface area contributed by atoms with E-state index in [0.717, 1.165) is 18.5 Å². The summed E-state index contributed by atoms with van der Waals surface area (Å²) in [7, 11) is 1.96. The number of hydrogen-bond donors (Lipinski definition) is 0. The molecule has 3 rings (SSSR count). The highest BCUT2D eigenvalue weighted by molar-refractivity contribution is 5.78. The van der Waals surface area contributed by atoms with Crippen molar-refractivity contribution < 1.29 is 13.9 Å². The molecule has 0 aliphatic heterocycles. The van der Waals surface area contributed by atoms with Gasteiger partial charge in [0, 0.05) is 25.0 Å². The lowest BCUT2D eigenvalue weighted by atomic mass is 10.3. The number of halogens is 1. The van der Waals surface area contributed by atoms with E-state index in [0.29, 0.717) is 6.54 Å². The summed E-state index contributed by atoms with van der Waals surface area (Å²) in [5, 5.41) is 0. The molecule has 1 aromatic heterocycles. The smallest absolute Gasteiger partial charge is 0.261 e. The van der Waals surface area contributed by atoms with Gasteiger partial charge in [-0.25, -0.2) is 4.39 Å². The second-order valence-corrected chi connectivity index (χ2v) is 5.58. The molecule has 0 unspecified atom stereocenters. The molecule has 4 nitrogen and oxygen atoms in total. The first-order valence-corrected chi connectivity index (χ1v) is 7.42. The molecule has 0 radical (unpaired) electrons. The molecule has 0 N–H and O–H groups in total. The van der Waals surface area contributed by atoms with Crippen LogP contribution in [0.5, 0.6) is 5.75 Å². The first kappa shape index (κ1) is 14.6. The van der Waals surface area contributed by atoms with Crippen LogP contribution in [0.25, 0.3) is 0 Å². The van der Waals surface area contributed by atoms with Crippen molar-refractivity contribution >= 4 is 5.91 Å². The first-order valence-electron chi connectivity index (χ1n) is 7.42. The third-order valence-corrected chi connectivity index (χ3v) is 3.88. The quantitative estimate of drug-likeness (QED) is 0.822. The Hall–Kier alpha value is -2.30. The Balaban J connectivity index is 1.63. The Kier molecular flexibility index (Phi) is 4.13. The van der Waals surface area contributed by atoms with Crippen molar-refractivity contribution in [2.24, 2.45) is 7.05 Å². The molecular formula is C17H19FN2O2. The zero-order valence-electron chi connectivity index (χ0n) is 12.5. The molecule has 1 amide bonds. The molecule has 1 aliphatic carbocycles. The zero-order chi connectivity index (χ0) is 15.5. The van der Waals surface area contributed by atoms with Crippen molar-refractivity contribution in [3.8, 4) is 5.75 Å². The molecule has 1 aromatic carbocycles. The van der Waals surface area contributed by atoms with Crippen LogP contribution >= 0.6 is 0 Å². The summed E-state index contributed by atoms with van der Waals surface area (Å²) in [5.74, 6) is -0.437. The molecule has 1 heterocycles. The van der Waals surface area contributed by atoms with Crippen LogP contribution in [-0.2, 0) is 18.4 Å². The molecule has 0 atom stereocenters. The van der Waals surface area contributed by atoms with Crippen LogP contribution in [0.1, 0.15) is 18.5 Å². The first-order chi connectivity index (χ1) is 10.6.